The van der Waals surface area contributed by atoms with E-state index < -0.39 is 5.60 Å². The number of carbonyl (C=O) groups is 1. The van der Waals surface area contributed by atoms with Crippen LogP contribution in [-0.4, -0.2) is 30.5 Å². The molecule has 0 bridgehead atoms. The molecule has 2 atom stereocenters. The number of aldehydes is 1. The molecule has 2 unspecified atom stereocenters. The molecule has 1 saturated heterocycles. The van der Waals surface area contributed by atoms with Crippen LogP contribution in [0.25, 0.3) is 0 Å². The zero-order chi connectivity index (χ0) is 7.61. The van der Waals surface area contributed by atoms with E-state index in [2.05, 4.69) is 6.92 Å². The highest BCUT2D eigenvalue weighted by Gasteiger charge is 2.40. The molecule has 0 aliphatic carbocycles. The van der Waals surface area contributed by atoms with Gasteiger partial charge in [-0.25, -0.2) is 0 Å². The predicted octanol–water partition coefficient (Wildman–Crippen LogP) is 0.953. The Morgan fingerprint density at radius 3 is 2.70 bits per heavy atom. The van der Waals surface area contributed by atoms with E-state index in [-0.39, 0.29) is 0 Å². The molecule has 58 valence electrons. The largest absolute Gasteiger partial charge is 0.370 e. The van der Waals surface area contributed by atoms with Crippen LogP contribution in [0.3, 0.4) is 0 Å². The van der Waals surface area contributed by atoms with Gasteiger partial charge in [-0.2, -0.15) is 11.8 Å². The van der Waals surface area contributed by atoms with Gasteiger partial charge in [0, 0.05) is 18.8 Å². The minimum absolute atomic E-state index is 0.361. The Morgan fingerprint density at radius 2 is 2.50 bits per heavy atom. The molecule has 0 amide bonds. The van der Waals surface area contributed by atoms with Crippen molar-refractivity contribution in [3.05, 3.63) is 0 Å². The van der Waals surface area contributed by atoms with E-state index in [1.54, 1.807) is 18.9 Å². The minimum Gasteiger partial charge on any atom is -0.370 e. The minimum atomic E-state index is -0.481. The van der Waals surface area contributed by atoms with Crippen LogP contribution in [0.5, 0.6) is 0 Å². The third-order valence-corrected chi connectivity index (χ3v) is 3.50. The lowest BCUT2D eigenvalue weighted by molar-refractivity contribution is -0.128. The van der Waals surface area contributed by atoms with Crippen LogP contribution in [0.15, 0.2) is 0 Å². The lowest BCUT2D eigenvalue weighted by Gasteiger charge is -2.24. The van der Waals surface area contributed by atoms with Gasteiger partial charge in [0.25, 0.3) is 0 Å². The highest BCUT2D eigenvalue weighted by molar-refractivity contribution is 7.99. The van der Waals surface area contributed by atoms with Gasteiger partial charge in [-0.1, -0.05) is 6.92 Å². The monoisotopic (exact) mass is 160 g/mol. The van der Waals surface area contributed by atoms with Gasteiger partial charge in [0.05, 0.1) is 0 Å². The quantitative estimate of drug-likeness (QED) is 0.563. The summed E-state index contributed by atoms with van der Waals surface area (Å²) in [7, 11) is 1.61. The molecule has 10 heavy (non-hydrogen) atoms. The van der Waals surface area contributed by atoms with Gasteiger partial charge < -0.3 is 9.53 Å². The molecule has 1 aliphatic rings. The molecule has 0 N–H and O–H groups in total. The molecule has 0 spiro atoms. The molecule has 0 radical (unpaired) electrons. The summed E-state index contributed by atoms with van der Waals surface area (Å²) in [6, 6.07) is 0. The fourth-order valence-corrected chi connectivity index (χ4v) is 2.68. The number of methoxy groups -OCH3 is 1. The molecule has 0 saturated carbocycles. The maximum Gasteiger partial charge on any atom is 0.152 e. The van der Waals surface area contributed by atoms with E-state index >= 15 is 0 Å². The van der Waals surface area contributed by atoms with E-state index in [1.165, 1.54) is 0 Å². The van der Waals surface area contributed by atoms with Crippen LogP contribution in [-0.2, 0) is 9.53 Å². The lowest BCUT2D eigenvalue weighted by atomic mass is 9.94. The second kappa shape index (κ2) is 2.93. The summed E-state index contributed by atoms with van der Waals surface area (Å²) in [6.07, 6.45) is 0.942. The predicted molar refractivity (Wildman–Crippen MR) is 42.3 cm³/mol. The van der Waals surface area contributed by atoms with Gasteiger partial charge in [-0.05, 0) is 5.75 Å². The molecule has 3 heteroatoms. The Balaban J connectivity index is 2.70. The number of ether oxygens (including phenoxy) is 1. The third kappa shape index (κ3) is 1.08. The average Bonchev–Trinajstić information content (AvgIpc) is 2.32. The van der Waals surface area contributed by atoms with Crippen molar-refractivity contribution in [3.63, 3.8) is 0 Å². The van der Waals surface area contributed by atoms with Crippen LogP contribution >= 0.6 is 11.8 Å². The van der Waals surface area contributed by atoms with Gasteiger partial charge in [0.1, 0.15) is 5.60 Å². The third-order valence-electron chi connectivity index (χ3n) is 2.11. The molecule has 1 heterocycles. The van der Waals surface area contributed by atoms with E-state index in [4.69, 9.17) is 4.74 Å². The number of hydrogen-bond acceptors (Lipinski definition) is 3. The molecular formula is C7H12O2S. The number of hydrogen-bond donors (Lipinski definition) is 0. The molecule has 1 rings (SSSR count). The van der Waals surface area contributed by atoms with Crippen LogP contribution < -0.4 is 0 Å². The first-order valence-electron chi connectivity index (χ1n) is 3.34. The highest BCUT2D eigenvalue weighted by atomic mass is 32.2. The summed E-state index contributed by atoms with van der Waals surface area (Å²) in [5.74, 6) is 2.21. The summed E-state index contributed by atoms with van der Waals surface area (Å²) in [4.78, 5) is 10.6. The number of rotatable bonds is 2. The van der Waals surface area contributed by atoms with Gasteiger partial charge in [0.15, 0.2) is 6.29 Å². The molecule has 0 aromatic heterocycles. The normalized spacial score (nSPS) is 40.0. The van der Waals surface area contributed by atoms with Crippen molar-refractivity contribution < 1.29 is 9.53 Å². The molecular weight excluding hydrogens is 148 g/mol. The second-order valence-electron chi connectivity index (χ2n) is 2.69. The topological polar surface area (TPSA) is 26.3 Å². The zero-order valence-corrected chi connectivity index (χ0v) is 7.11. The maximum absolute atomic E-state index is 10.6. The van der Waals surface area contributed by atoms with Crippen molar-refractivity contribution in [2.75, 3.05) is 18.6 Å². The second-order valence-corrected chi connectivity index (χ2v) is 3.72. The SMILES string of the molecule is COC1(C=O)CSCC1C. The zero-order valence-electron chi connectivity index (χ0n) is 6.29. The van der Waals surface area contributed by atoms with Crippen molar-refractivity contribution in [2.24, 2.45) is 5.92 Å². The Hall–Kier alpha value is -0.0200. The first kappa shape index (κ1) is 8.08. The Bertz CT molecular complexity index is 138. The average molecular weight is 160 g/mol. The van der Waals surface area contributed by atoms with E-state index in [0.717, 1.165) is 17.8 Å². The number of carbonyl (C=O) groups excluding carboxylic acids is 1. The number of thioether (sulfide) groups is 1. The van der Waals surface area contributed by atoms with Crippen molar-refractivity contribution in [1.29, 1.82) is 0 Å². The van der Waals surface area contributed by atoms with Crippen LogP contribution in [0, 0.1) is 5.92 Å². The van der Waals surface area contributed by atoms with Crippen molar-refractivity contribution in [2.45, 2.75) is 12.5 Å². The van der Waals surface area contributed by atoms with Gasteiger partial charge in [-0.15, -0.1) is 0 Å². The summed E-state index contributed by atoms with van der Waals surface area (Å²) in [5.41, 5.74) is -0.481. The van der Waals surface area contributed by atoms with E-state index in [0.29, 0.717) is 5.92 Å². The standard InChI is InChI=1S/C7H12O2S/c1-6-3-10-5-7(6,4-8)9-2/h4,6H,3,5H2,1-2H3. The van der Waals surface area contributed by atoms with Gasteiger partial charge in [0.2, 0.25) is 0 Å². The summed E-state index contributed by atoms with van der Waals surface area (Å²) in [5, 5.41) is 0. The first-order chi connectivity index (χ1) is 4.75. The molecule has 2 nitrogen and oxygen atoms in total. The fraction of sp³-hybridized carbons (Fsp3) is 0.857. The molecule has 0 aromatic rings. The van der Waals surface area contributed by atoms with E-state index in [9.17, 15) is 4.79 Å². The Morgan fingerprint density at radius 1 is 1.80 bits per heavy atom. The van der Waals surface area contributed by atoms with E-state index in [1.807, 2.05) is 0 Å². The highest BCUT2D eigenvalue weighted by Crippen LogP contribution is 2.34. The lowest BCUT2D eigenvalue weighted by Crippen LogP contribution is -2.39. The molecule has 1 fully saturated rings. The van der Waals surface area contributed by atoms with Crippen LogP contribution in [0.4, 0.5) is 0 Å². The van der Waals surface area contributed by atoms with Crippen LogP contribution in [0.1, 0.15) is 6.92 Å². The smallest absolute Gasteiger partial charge is 0.152 e. The summed E-state index contributed by atoms with van der Waals surface area (Å²) < 4.78 is 5.17. The summed E-state index contributed by atoms with van der Waals surface area (Å²) in [6.45, 7) is 2.05. The fourth-order valence-electron chi connectivity index (χ4n) is 1.14. The van der Waals surface area contributed by atoms with Crippen LogP contribution in [0.2, 0.25) is 0 Å². The van der Waals surface area contributed by atoms with Crippen molar-refractivity contribution in [3.8, 4) is 0 Å². The van der Waals surface area contributed by atoms with Gasteiger partial charge in [-0.3, -0.25) is 0 Å². The van der Waals surface area contributed by atoms with Crippen molar-refractivity contribution in [1.82, 2.24) is 0 Å². The summed E-state index contributed by atoms with van der Waals surface area (Å²) >= 11 is 1.78. The molecule has 0 aromatic carbocycles. The maximum atomic E-state index is 10.6. The Labute approximate surface area is 65.3 Å². The van der Waals surface area contributed by atoms with Crippen molar-refractivity contribution >= 4 is 18.0 Å². The first-order valence-corrected chi connectivity index (χ1v) is 4.50. The van der Waals surface area contributed by atoms with Gasteiger partial charge >= 0.3 is 0 Å². The molecule has 1 aliphatic heterocycles. The Kier molecular flexibility index (Phi) is 2.36.